The Hall–Kier alpha value is -0.470. The number of ether oxygens (including phenoxy) is 1. The summed E-state index contributed by atoms with van der Waals surface area (Å²) in [4.78, 5) is 1.54. The van der Waals surface area contributed by atoms with Gasteiger partial charge in [-0.15, -0.1) is 0 Å². The normalized spacial score (nSPS) is 29.1. The first-order valence-corrected chi connectivity index (χ1v) is 6.38. The monoisotopic (exact) mass is 286 g/mol. The SMILES string of the molecule is CN(C)C(=N)S[C@@H]1C[C@@H](O)C[C@@H](CC(F)(F)F)O1. The van der Waals surface area contributed by atoms with Crippen LogP contribution in [0, 0.1) is 5.41 Å². The third-order valence-electron chi connectivity index (χ3n) is 2.45. The van der Waals surface area contributed by atoms with Crippen LogP contribution in [0.3, 0.4) is 0 Å². The average molecular weight is 286 g/mol. The molecule has 18 heavy (non-hydrogen) atoms. The number of hydrogen-bond donors (Lipinski definition) is 2. The minimum absolute atomic E-state index is 0.00807. The zero-order valence-corrected chi connectivity index (χ0v) is 11.0. The van der Waals surface area contributed by atoms with Crippen molar-refractivity contribution in [3.05, 3.63) is 0 Å². The second-order valence-electron chi connectivity index (χ2n) is 4.45. The van der Waals surface area contributed by atoms with E-state index in [0.717, 1.165) is 11.8 Å². The molecule has 0 aliphatic carbocycles. The smallest absolute Gasteiger partial charge is 0.391 e. The van der Waals surface area contributed by atoms with Crippen LogP contribution in [-0.2, 0) is 4.74 Å². The third-order valence-corrected chi connectivity index (χ3v) is 3.61. The van der Waals surface area contributed by atoms with E-state index in [0.29, 0.717) is 0 Å². The van der Waals surface area contributed by atoms with Gasteiger partial charge in [0.05, 0.1) is 18.6 Å². The number of amidine groups is 1. The van der Waals surface area contributed by atoms with E-state index in [1.807, 2.05) is 0 Å². The van der Waals surface area contributed by atoms with Crippen LogP contribution in [0.5, 0.6) is 0 Å². The summed E-state index contributed by atoms with van der Waals surface area (Å²) >= 11 is 1.02. The van der Waals surface area contributed by atoms with Crippen molar-refractivity contribution in [3.8, 4) is 0 Å². The predicted octanol–water partition coefficient (Wildman–Crippen LogP) is 2.03. The highest BCUT2D eigenvalue weighted by Crippen LogP contribution is 2.33. The van der Waals surface area contributed by atoms with Gasteiger partial charge in [-0.3, -0.25) is 5.41 Å². The fourth-order valence-electron chi connectivity index (χ4n) is 1.64. The molecule has 2 N–H and O–H groups in total. The first-order valence-electron chi connectivity index (χ1n) is 5.50. The molecule has 8 heteroatoms. The predicted molar refractivity (Wildman–Crippen MR) is 63.6 cm³/mol. The van der Waals surface area contributed by atoms with Crippen LogP contribution >= 0.6 is 11.8 Å². The second-order valence-corrected chi connectivity index (χ2v) is 5.60. The lowest BCUT2D eigenvalue weighted by Gasteiger charge is -2.33. The summed E-state index contributed by atoms with van der Waals surface area (Å²) < 4.78 is 42.1. The van der Waals surface area contributed by atoms with Crippen molar-refractivity contribution >= 4 is 16.9 Å². The summed E-state index contributed by atoms with van der Waals surface area (Å²) in [6.45, 7) is 0. The molecule has 0 bridgehead atoms. The van der Waals surface area contributed by atoms with Gasteiger partial charge in [0.25, 0.3) is 0 Å². The number of rotatable bonds is 2. The van der Waals surface area contributed by atoms with Gasteiger partial charge in [-0.1, -0.05) is 11.8 Å². The Morgan fingerprint density at radius 1 is 1.44 bits per heavy atom. The maximum absolute atomic E-state index is 12.3. The number of nitrogens with one attached hydrogen (secondary N) is 1. The fourth-order valence-corrected chi connectivity index (χ4v) is 2.63. The van der Waals surface area contributed by atoms with Gasteiger partial charge in [-0.05, 0) is 0 Å². The average Bonchev–Trinajstić information content (AvgIpc) is 2.12. The Bertz CT molecular complexity index is 299. The number of hydrogen-bond acceptors (Lipinski definition) is 4. The van der Waals surface area contributed by atoms with Crippen molar-refractivity contribution in [1.82, 2.24) is 4.90 Å². The summed E-state index contributed by atoms with van der Waals surface area (Å²) in [6.07, 6.45) is -6.96. The van der Waals surface area contributed by atoms with Crippen LogP contribution in [0.2, 0.25) is 0 Å². The number of halogens is 3. The van der Waals surface area contributed by atoms with Crippen molar-refractivity contribution in [2.45, 2.75) is 43.1 Å². The van der Waals surface area contributed by atoms with Gasteiger partial charge in [0.15, 0.2) is 5.17 Å². The summed E-state index contributed by atoms with van der Waals surface area (Å²) in [5.74, 6) is 0. The van der Waals surface area contributed by atoms with E-state index in [1.54, 1.807) is 14.1 Å². The molecule has 1 fully saturated rings. The van der Waals surface area contributed by atoms with Gasteiger partial charge < -0.3 is 14.7 Å². The van der Waals surface area contributed by atoms with E-state index in [4.69, 9.17) is 10.1 Å². The minimum atomic E-state index is -4.30. The number of alkyl halides is 3. The van der Waals surface area contributed by atoms with Gasteiger partial charge in [0.1, 0.15) is 5.44 Å². The molecule has 106 valence electrons. The van der Waals surface area contributed by atoms with Crippen molar-refractivity contribution in [2.24, 2.45) is 0 Å². The minimum Gasteiger partial charge on any atom is -0.393 e. The second kappa shape index (κ2) is 6.12. The third kappa shape index (κ3) is 5.45. The largest absolute Gasteiger partial charge is 0.393 e. The van der Waals surface area contributed by atoms with E-state index in [-0.39, 0.29) is 18.0 Å². The molecule has 0 aromatic carbocycles. The zero-order chi connectivity index (χ0) is 13.9. The van der Waals surface area contributed by atoms with E-state index in [9.17, 15) is 18.3 Å². The van der Waals surface area contributed by atoms with Crippen LogP contribution < -0.4 is 0 Å². The summed E-state index contributed by atoms with van der Waals surface area (Å²) in [7, 11) is 3.34. The molecule has 0 saturated carbocycles. The maximum atomic E-state index is 12.3. The van der Waals surface area contributed by atoms with Crippen molar-refractivity contribution in [2.75, 3.05) is 14.1 Å². The number of nitrogens with zero attached hydrogens (tertiary/aromatic N) is 1. The summed E-state index contributed by atoms with van der Waals surface area (Å²) in [6, 6.07) is 0. The highest BCUT2D eigenvalue weighted by molar-refractivity contribution is 8.14. The van der Waals surface area contributed by atoms with Gasteiger partial charge in [0, 0.05) is 26.9 Å². The fraction of sp³-hybridized carbons (Fsp3) is 0.900. The highest BCUT2D eigenvalue weighted by Gasteiger charge is 2.38. The molecular formula is C10H17F3N2O2S. The van der Waals surface area contributed by atoms with E-state index < -0.39 is 30.2 Å². The van der Waals surface area contributed by atoms with Gasteiger partial charge in [0.2, 0.25) is 0 Å². The van der Waals surface area contributed by atoms with Crippen molar-refractivity contribution in [1.29, 1.82) is 5.41 Å². The van der Waals surface area contributed by atoms with Gasteiger partial charge in [-0.25, -0.2) is 0 Å². The molecule has 1 heterocycles. The summed E-state index contributed by atoms with van der Waals surface area (Å²) in [5, 5.41) is 17.3. The Morgan fingerprint density at radius 3 is 2.56 bits per heavy atom. The molecule has 1 saturated heterocycles. The summed E-state index contributed by atoms with van der Waals surface area (Å²) in [5.41, 5.74) is -0.601. The van der Waals surface area contributed by atoms with Crippen molar-refractivity contribution < 1.29 is 23.0 Å². The Labute approximate surface area is 108 Å². The maximum Gasteiger partial charge on any atom is 0.391 e. The van der Waals surface area contributed by atoms with Crippen LogP contribution in [0.15, 0.2) is 0 Å². The van der Waals surface area contributed by atoms with E-state index in [2.05, 4.69) is 0 Å². The molecule has 1 aliphatic rings. The lowest BCUT2D eigenvalue weighted by molar-refractivity contribution is -0.175. The molecule has 0 spiro atoms. The lowest BCUT2D eigenvalue weighted by Crippen LogP contribution is -2.38. The molecule has 3 atom stereocenters. The Morgan fingerprint density at radius 2 is 2.06 bits per heavy atom. The van der Waals surface area contributed by atoms with Crippen molar-refractivity contribution in [3.63, 3.8) is 0 Å². The molecule has 0 aromatic rings. The number of aliphatic hydroxyl groups excluding tert-OH is 1. The topological polar surface area (TPSA) is 56.6 Å². The van der Waals surface area contributed by atoms with Crippen LogP contribution in [0.1, 0.15) is 19.3 Å². The molecule has 0 unspecified atom stereocenters. The standard InChI is InChI=1S/C10H17F3N2O2S/c1-15(2)9(14)18-8-4-6(16)3-7(17-8)5-10(11,12)13/h6-8,14,16H,3-5H2,1-2H3/t6-,7-,8+/m0/s1. The number of aliphatic hydroxyl groups is 1. The van der Waals surface area contributed by atoms with Crippen LogP contribution in [0.25, 0.3) is 0 Å². The molecule has 1 aliphatic heterocycles. The zero-order valence-electron chi connectivity index (χ0n) is 10.2. The number of thioether (sulfide) groups is 1. The molecule has 4 nitrogen and oxygen atoms in total. The van der Waals surface area contributed by atoms with Gasteiger partial charge >= 0.3 is 6.18 Å². The highest BCUT2D eigenvalue weighted by atomic mass is 32.2. The lowest BCUT2D eigenvalue weighted by atomic mass is 10.0. The Balaban J connectivity index is 2.53. The first-order chi connectivity index (χ1) is 8.17. The van der Waals surface area contributed by atoms with Crippen LogP contribution in [0.4, 0.5) is 13.2 Å². The molecule has 0 aromatic heterocycles. The van der Waals surface area contributed by atoms with E-state index >= 15 is 0 Å². The molecule has 0 amide bonds. The molecular weight excluding hydrogens is 269 g/mol. The quantitative estimate of drug-likeness (QED) is 0.602. The first kappa shape index (κ1) is 15.6. The van der Waals surface area contributed by atoms with Crippen LogP contribution in [-0.4, -0.2) is 53.1 Å². The van der Waals surface area contributed by atoms with Gasteiger partial charge in [-0.2, -0.15) is 13.2 Å². The van der Waals surface area contributed by atoms with E-state index in [1.165, 1.54) is 4.90 Å². The molecule has 1 rings (SSSR count). The molecule has 0 radical (unpaired) electrons. The Kier molecular flexibility index (Phi) is 5.30.